The number of amides is 4. The number of nitrogens with zero attached hydrogens (tertiary/aromatic N) is 3. The molecule has 11 nitrogen and oxygen atoms in total. The molecule has 2 aromatic heterocycles. The van der Waals surface area contributed by atoms with Crippen molar-refractivity contribution >= 4 is 34.7 Å². The number of aliphatic hydroxyl groups is 1. The monoisotopic (exact) mass is 492 g/mol. The number of carbonyl (C=O) groups is 3. The number of hydrogen-bond donors (Lipinski definition) is 4. The molecule has 1 atom stereocenters. The number of aliphatic hydroxyl groups excluding tert-OH is 1. The molecule has 1 aliphatic carbocycles. The minimum Gasteiger partial charge on any atom is -0.457 e. The minimum absolute atomic E-state index is 0.144. The highest BCUT2D eigenvalue weighted by Gasteiger charge is 2.27. The Labute approximate surface area is 207 Å². The first-order valence-corrected chi connectivity index (χ1v) is 12.0. The topological polar surface area (TPSA) is 138 Å². The largest absolute Gasteiger partial charge is 0.457 e. The maximum Gasteiger partial charge on any atom is 0.326 e. The van der Waals surface area contributed by atoms with E-state index in [1.807, 2.05) is 18.2 Å². The van der Waals surface area contributed by atoms with Gasteiger partial charge in [0.15, 0.2) is 0 Å². The van der Waals surface area contributed by atoms with Crippen LogP contribution in [-0.2, 0) is 4.79 Å². The van der Waals surface area contributed by atoms with Gasteiger partial charge in [-0.25, -0.2) is 14.6 Å². The van der Waals surface area contributed by atoms with E-state index in [1.54, 1.807) is 33.9 Å². The Balaban J connectivity index is 1.21. The molecule has 5 rings (SSSR count). The highest BCUT2D eigenvalue weighted by atomic mass is 16.5. The van der Waals surface area contributed by atoms with E-state index in [2.05, 4.69) is 20.9 Å². The van der Waals surface area contributed by atoms with E-state index in [9.17, 15) is 19.5 Å². The molecule has 11 heteroatoms. The van der Waals surface area contributed by atoms with Crippen LogP contribution in [0.15, 0.2) is 48.8 Å². The van der Waals surface area contributed by atoms with Crippen LogP contribution in [0.5, 0.6) is 11.5 Å². The second-order valence-electron chi connectivity index (χ2n) is 8.97. The number of ether oxygens (including phenoxy) is 1. The Morgan fingerprint density at radius 1 is 1.08 bits per heavy atom. The Bertz CT molecular complexity index is 1280. The molecule has 4 amide bonds. The quantitative estimate of drug-likeness (QED) is 0.400. The van der Waals surface area contributed by atoms with Gasteiger partial charge in [-0.15, -0.1) is 0 Å². The summed E-state index contributed by atoms with van der Waals surface area (Å²) in [6.07, 6.45) is 7.09. The smallest absolute Gasteiger partial charge is 0.326 e. The van der Waals surface area contributed by atoms with E-state index < -0.39 is 18.7 Å². The third kappa shape index (κ3) is 5.41. The van der Waals surface area contributed by atoms with Crippen LogP contribution < -0.4 is 20.7 Å². The van der Waals surface area contributed by atoms with Crippen LogP contribution in [-0.4, -0.2) is 69.3 Å². The van der Waals surface area contributed by atoms with Gasteiger partial charge in [-0.1, -0.05) is 0 Å². The first-order chi connectivity index (χ1) is 17.5. The molecule has 36 heavy (non-hydrogen) atoms. The normalized spacial score (nSPS) is 16.0. The van der Waals surface area contributed by atoms with E-state index in [0.717, 1.165) is 36.6 Å². The SMILES string of the molecule is O=C(Nc1cc(Oc2ccc3c(ccn3C(=O)NC3CC3)c2)ccn1)N[C@@H](CO)C(=O)N1CCCC1. The molecule has 2 aliphatic rings. The van der Waals surface area contributed by atoms with Crippen LogP contribution in [0.4, 0.5) is 15.4 Å². The zero-order chi connectivity index (χ0) is 25.1. The summed E-state index contributed by atoms with van der Waals surface area (Å²) in [4.78, 5) is 43.1. The Hall–Kier alpha value is -4.12. The first-order valence-electron chi connectivity index (χ1n) is 12.0. The molecule has 188 valence electrons. The molecule has 0 bridgehead atoms. The molecule has 1 aromatic carbocycles. The summed E-state index contributed by atoms with van der Waals surface area (Å²) in [5.41, 5.74) is 0.774. The van der Waals surface area contributed by atoms with Crippen molar-refractivity contribution in [1.29, 1.82) is 0 Å². The van der Waals surface area contributed by atoms with Gasteiger partial charge in [0.2, 0.25) is 5.91 Å². The van der Waals surface area contributed by atoms with Crippen molar-refractivity contribution in [2.24, 2.45) is 0 Å². The van der Waals surface area contributed by atoms with Crippen LogP contribution in [0.2, 0.25) is 0 Å². The molecule has 3 aromatic rings. The van der Waals surface area contributed by atoms with Gasteiger partial charge >= 0.3 is 12.1 Å². The molecule has 0 unspecified atom stereocenters. The van der Waals surface area contributed by atoms with E-state index in [0.29, 0.717) is 24.6 Å². The zero-order valence-corrected chi connectivity index (χ0v) is 19.6. The summed E-state index contributed by atoms with van der Waals surface area (Å²) in [7, 11) is 0. The number of nitrogens with one attached hydrogen (secondary N) is 3. The fourth-order valence-electron chi connectivity index (χ4n) is 4.17. The fourth-order valence-corrected chi connectivity index (χ4v) is 4.17. The Kier molecular flexibility index (Phi) is 6.72. The van der Waals surface area contributed by atoms with Gasteiger partial charge in [-0.3, -0.25) is 14.7 Å². The number of aromatic nitrogens is 2. The number of carbonyl (C=O) groups excluding carboxylic acids is 3. The molecular weight excluding hydrogens is 464 g/mol. The number of rotatable bonds is 7. The van der Waals surface area contributed by atoms with Gasteiger partial charge in [0.1, 0.15) is 23.4 Å². The van der Waals surface area contributed by atoms with E-state index >= 15 is 0 Å². The van der Waals surface area contributed by atoms with Gasteiger partial charge in [0.05, 0.1) is 12.1 Å². The number of urea groups is 1. The van der Waals surface area contributed by atoms with Gasteiger partial charge in [-0.2, -0.15) is 0 Å². The van der Waals surface area contributed by atoms with Crippen molar-refractivity contribution in [3.63, 3.8) is 0 Å². The van der Waals surface area contributed by atoms with Crippen molar-refractivity contribution in [2.45, 2.75) is 37.8 Å². The number of benzene rings is 1. The Morgan fingerprint density at radius 2 is 1.86 bits per heavy atom. The lowest BCUT2D eigenvalue weighted by Crippen LogP contribution is -2.50. The summed E-state index contributed by atoms with van der Waals surface area (Å²) >= 11 is 0. The van der Waals surface area contributed by atoms with Crippen molar-refractivity contribution in [1.82, 2.24) is 25.1 Å². The third-order valence-electron chi connectivity index (χ3n) is 6.20. The van der Waals surface area contributed by atoms with Crippen LogP contribution in [0.3, 0.4) is 0 Å². The average molecular weight is 493 g/mol. The Morgan fingerprint density at radius 3 is 2.61 bits per heavy atom. The molecule has 0 spiro atoms. The zero-order valence-electron chi connectivity index (χ0n) is 19.6. The van der Waals surface area contributed by atoms with Crippen molar-refractivity contribution in [2.75, 3.05) is 25.0 Å². The predicted octanol–water partition coefficient (Wildman–Crippen LogP) is 2.65. The summed E-state index contributed by atoms with van der Waals surface area (Å²) in [5.74, 6) is 0.919. The molecule has 2 fully saturated rings. The lowest BCUT2D eigenvalue weighted by molar-refractivity contribution is -0.133. The number of fused-ring (bicyclic) bond motifs is 1. The maximum atomic E-state index is 12.5. The van der Waals surface area contributed by atoms with Crippen molar-refractivity contribution < 1.29 is 24.2 Å². The number of hydrogen-bond acceptors (Lipinski definition) is 6. The minimum atomic E-state index is -1.02. The standard InChI is InChI=1S/C25H28N6O5/c32-15-20(23(33)30-10-1-2-11-30)28-24(34)29-22-14-19(7-9-26-22)36-18-5-6-21-16(13-18)8-12-31(21)25(35)27-17-3-4-17/h5-9,12-14,17,20,32H,1-4,10-11,15H2,(H,27,35)(H2,26,28,29,34)/t20-/m0/s1. The lowest BCUT2D eigenvalue weighted by Gasteiger charge is -2.22. The van der Waals surface area contributed by atoms with E-state index in [-0.39, 0.29) is 23.8 Å². The fraction of sp³-hybridized carbons (Fsp3) is 0.360. The second-order valence-corrected chi connectivity index (χ2v) is 8.97. The molecule has 4 N–H and O–H groups in total. The molecular formula is C25H28N6O5. The van der Waals surface area contributed by atoms with Crippen LogP contribution >= 0.6 is 0 Å². The van der Waals surface area contributed by atoms with Crippen LogP contribution in [0.25, 0.3) is 10.9 Å². The molecule has 0 radical (unpaired) electrons. The average Bonchev–Trinajstić information content (AvgIpc) is 3.33. The highest BCUT2D eigenvalue weighted by molar-refractivity contribution is 5.94. The van der Waals surface area contributed by atoms with Gasteiger partial charge in [-0.05, 0) is 56.0 Å². The first kappa shape index (κ1) is 23.6. The van der Waals surface area contributed by atoms with Crippen molar-refractivity contribution in [3.05, 3.63) is 48.8 Å². The van der Waals surface area contributed by atoms with Crippen molar-refractivity contribution in [3.8, 4) is 11.5 Å². The maximum absolute atomic E-state index is 12.5. The lowest BCUT2D eigenvalue weighted by atomic mass is 10.2. The molecule has 1 aliphatic heterocycles. The van der Waals surface area contributed by atoms with Gasteiger partial charge < -0.3 is 25.4 Å². The predicted molar refractivity (Wildman–Crippen MR) is 132 cm³/mol. The molecule has 1 saturated carbocycles. The highest BCUT2D eigenvalue weighted by Crippen LogP contribution is 2.28. The number of pyridine rings is 1. The summed E-state index contributed by atoms with van der Waals surface area (Å²) in [6.45, 7) is 0.763. The molecule has 1 saturated heterocycles. The summed E-state index contributed by atoms with van der Waals surface area (Å²) in [5, 5.41) is 18.5. The van der Waals surface area contributed by atoms with Gasteiger partial charge in [0, 0.05) is 43.0 Å². The number of likely N-dealkylation sites (tertiary alicyclic amines) is 1. The third-order valence-corrected chi connectivity index (χ3v) is 6.20. The summed E-state index contributed by atoms with van der Waals surface area (Å²) < 4.78 is 7.52. The van der Waals surface area contributed by atoms with E-state index in [4.69, 9.17) is 4.74 Å². The summed E-state index contributed by atoms with van der Waals surface area (Å²) in [6, 6.07) is 8.90. The van der Waals surface area contributed by atoms with Crippen LogP contribution in [0, 0.1) is 0 Å². The number of anilines is 1. The van der Waals surface area contributed by atoms with Crippen LogP contribution in [0.1, 0.15) is 25.7 Å². The molecule has 3 heterocycles. The van der Waals surface area contributed by atoms with E-state index in [1.165, 1.54) is 6.20 Å². The van der Waals surface area contributed by atoms with Gasteiger partial charge in [0.25, 0.3) is 0 Å². The second kappa shape index (κ2) is 10.2.